The maximum Gasteiger partial charge on any atom is 0.285 e. The molecule has 1 aliphatic carbocycles. The lowest BCUT2D eigenvalue weighted by molar-refractivity contribution is -0.385. The smallest absolute Gasteiger partial charge is 0.285 e. The average molecular weight is 296 g/mol. The molecule has 1 amide bonds. The number of anilines is 1. The van der Waals surface area contributed by atoms with Gasteiger partial charge >= 0.3 is 0 Å². The Morgan fingerprint density at radius 2 is 2.19 bits per heavy atom. The second kappa shape index (κ2) is 5.65. The van der Waals surface area contributed by atoms with E-state index in [0.717, 1.165) is 18.9 Å². The lowest BCUT2D eigenvalue weighted by Gasteiger charge is -2.25. The fourth-order valence-corrected chi connectivity index (χ4v) is 2.27. The zero-order valence-electron chi connectivity index (χ0n) is 11.8. The van der Waals surface area contributed by atoms with Gasteiger partial charge < -0.3 is 10.3 Å². The number of hydrogen-bond donors (Lipinski definition) is 2. The molecule has 1 saturated carbocycles. The first kappa shape index (κ1) is 15.2. The van der Waals surface area contributed by atoms with Crippen LogP contribution in [0.1, 0.15) is 30.1 Å². The molecule has 0 heterocycles. The van der Waals surface area contributed by atoms with Crippen LogP contribution in [-0.2, 0) is 0 Å². The first-order valence-electron chi connectivity index (χ1n) is 6.58. The van der Waals surface area contributed by atoms with Gasteiger partial charge in [0.2, 0.25) is 0 Å². The normalized spacial score (nSPS) is 15.4. The van der Waals surface area contributed by atoms with Crippen molar-refractivity contribution in [3.63, 3.8) is 0 Å². The van der Waals surface area contributed by atoms with Crippen LogP contribution in [0.3, 0.4) is 0 Å². The van der Waals surface area contributed by atoms with Gasteiger partial charge in [-0.05, 0) is 31.7 Å². The maximum atomic E-state index is 13.6. The maximum absolute atomic E-state index is 13.6. The van der Waals surface area contributed by atoms with Gasteiger partial charge in [-0.15, -0.1) is 0 Å². The molecule has 8 heteroatoms. The van der Waals surface area contributed by atoms with Gasteiger partial charge in [0.15, 0.2) is 5.82 Å². The fourth-order valence-electron chi connectivity index (χ4n) is 2.27. The molecule has 1 aromatic carbocycles. The monoisotopic (exact) mass is 296 g/mol. The molecule has 0 bridgehead atoms. The highest BCUT2D eigenvalue weighted by Crippen LogP contribution is 2.36. The number of rotatable bonds is 5. The van der Waals surface area contributed by atoms with Crippen LogP contribution in [0.15, 0.2) is 12.1 Å². The molecule has 21 heavy (non-hydrogen) atoms. The third kappa shape index (κ3) is 2.94. The minimum absolute atomic E-state index is 0.0172. The Kier molecular flexibility index (Phi) is 4.08. The Balaban J connectivity index is 2.40. The molecule has 1 aromatic rings. The van der Waals surface area contributed by atoms with Crippen LogP contribution < -0.4 is 11.3 Å². The zero-order chi connectivity index (χ0) is 15.7. The number of nitrogens with two attached hydrogens (primary N) is 1. The van der Waals surface area contributed by atoms with Gasteiger partial charge in [0.25, 0.3) is 11.6 Å². The highest BCUT2D eigenvalue weighted by Gasteiger charge is 2.35. The molecule has 0 aliphatic heterocycles. The van der Waals surface area contributed by atoms with Crippen LogP contribution >= 0.6 is 0 Å². The van der Waals surface area contributed by atoms with E-state index < -0.39 is 22.3 Å². The summed E-state index contributed by atoms with van der Waals surface area (Å²) < 4.78 is 13.6. The van der Waals surface area contributed by atoms with E-state index in [9.17, 15) is 19.3 Å². The van der Waals surface area contributed by atoms with Crippen molar-refractivity contribution in [2.75, 3.05) is 12.5 Å². The van der Waals surface area contributed by atoms with E-state index in [0.29, 0.717) is 12.0 Å². The molecule has 1 aliphatic rings. The number of carbonyl (C=O) groups excluding carboxylic acids is 1. The summed E-state index contributed by atoms with van der Waals surface area (Å²) in [5.74, 6) is 4.18. The van der Waals surface area contributed by atoms with Crippen LogP contribution in [0.2, 0.25) is 0 Å². The summed E-state index contributed by atoms with van der Waals surface area (Å²) in [6.07, 6.45) is 2.08. The summed E-state index contributed by atoms with van der Waals surface area (Å²) in [6, 6.07) is 1.76. The van der Waals surface area contributed by atoms with Crippen molar-refractivity contribution in [3.8, 4) is 0 Å². The third-order valence-electron chi connectivity index (χ3n) is 3.90. The second-order valence-electron chi connectivity index (χ2n) is 5.24. The van der Waals surface area contributed by atoms with E-state index in [1.54, 1.807) is 7.05 Å². The third-order valence-corrected chi connectivity index (χ3v) is 3.90. The Morgan fingerprint density at radius 1 is 1.57 bits per heavy atom. The number of nitro benzene ring substituents is 1. The zero-order valence-corrected chi connectivity index (χ0v) is 11.8. The lowest BCUT2D eigenvalue weighted by Crippen LogP contribution is -2.36. The summed E-state index contributed by atoms with van der Waals surface area (Å²) in [5, 5.41) is 11.0. The Hall–Kier alpha value is -2.22. The molecule has 0 spiro atoms. The minimum atomic E-state index is -0.876. The van der Waals surface area contributed by atoms with E-state index >= 15 is 0 Å². The van der Waals surface area contributed by atoms with Gasteiger partial charge in [-0.3, -0.25) is 20.8 Å². The number of nitrogens with one attached hydrogen (secondary N) is 1. The molecule has 2 rings (SSSR count). The molecule has 114 valence electrons. The van der Waals surface area contributed by atoms with Crippen molar-refractivity contribution in [1.29, 1.82) is 0 Å². The van der Waals surface area contributed by atoms with Gasteiger partial charge in [0, 0.05) is 13.1 Å². The van der Waals surface area contributed by atoms with Gasteiger partial charge in [-0.1, -0.05) is 0 Å². The van der Waals surface area contributed by atoms with Crippen LogP contribution in [0.4, 0.5) is 15.8 Å². The Bertz CT molecular complexity index is 589. The number of amides is 1. The number of carbonyl (C=O) groups is 1. The molecular weight excluding hydrogens is 279 g/mol. The highest BCUT2D eigenvalue weighted by molar-refractivity contribution is 5.99. The lowest BCUT2D eigenvalue weighted by atomic mass is 10.1. The highest BCUT2D eigenvalue weighted by atomic mass is 19.1. The summed E-state index contributed by atoms with van der Waals surface area (Å²) in [7, 11) is 1.59. The SMILES string of the molecule is CC(C1CC1)N(C)C(=O)c1cc(NN)c(F)cc1[N+](=O)[O-]. The summed E-state index contributed by atoms with van der Waals surface area (Å²) >= 11 is 0. The van der Waals surface area contributed by atoms with E-state index in [2.05, 4.69) is 5.43 Å². The number of nitro groups is 1. The van der Waals surface area contributed by atoms with Crippen LogP contribution in [0.25, 0.3) is 0 Å². The minimum Gasteiger partial charge on any atom is -0.339 e. The number of halogens is 1. The first-order valence-corrected chi connectivity index (χ1v) is 6.58. The van der Waals surface area contributed by atoms with Gasteiger partial charge in [-0.25, -0.2) is 4.39 Å². The number of nitrogen functional groups attached to an aromatic ring is 1. The standard InChI is InChI=1S/C13H17FN4O3/c1-7(8-3-4-8)17(2)13(19)9-5-11(16-15)10(14)6-12(9)18(20)21/h5-8,16H,3-4,15H2,1-2H3. The van der Waals surface area contributed by atoms with E-state index in [4.69, 9.17) is 5.84 Å². The van der Waals surface area contributed by atoms with Crippen LogP contribution in [0, 0.1) is 21.8 Å². The topological polar surface area (TPSA) is 102 Å². The summed E-state index contributed by atoms with van der Waals surface area (Å²) in [6.45, 7) is 1.90. The van der Waals surface area contributed by atoms with Crippen molar-refractivity contribution in [2.45, 2.75) is 25.8 Å². The van der Waals surface area contributed by atoms with Crippen molar-refractivity contribution in [2.24, 2.45) is 11.8 Å². The number of hydrogen-bond acceptors (Lipinski definition) is 5. The van der Waals surface area contributed by atoms with Gasteiger partial charge in [-0.2, -0.15) is 0 Å². The van der Waals surface area contributed by atoms with Crippen molar-refractivity contribution in [1.82, 2.24) is 4.90 Å². The average Bonchev–Trinajstić information content (AvgIpc) is 3.29. The molecule has 0 aromatic heterocycles. The van der Waals surface area contributed by atoms with Gasteiger partial charge in [0.05, 0.1) is 16.7 Å². The van der Waals surface area contributed by atoms with Crippen molar-refractivity contribution >= 4 is 17.3 Å². The number of hydrazine groups is 1. The second-order valence-corrected chi connectivity index (χ2v) is 5.24. The predicted octanol–water partition coefficient (Wildman–Crippen LogP) is 1.89. The van der Waals surface area contributed by atoms with Crippen molar-refractivity contribution in [3.05, 3.63) is 33.6 Å². The van der Waals surface area contributed by atoms with Crippen molar-refractivity contribution < 1.29 is 14.1 Å². The predicted molar refractivity (Wildman–Crippen MR) is 75.1 cm³/mol. The van der Waals surface area contributed by atoms with Crippen LogP contribution in [-0.4, -0.2) is 28.8 Å². The van der Waals surface area contributed by atoms with Gasteiger partial charge in [0.1, 0.15) is 5.56 Å². The molecule has 0 radical (unpaired) electrons. The molecule has 1 fully saturated rings. The summed E-state index contributed by atoms with van der Waals surface area (Å²) in [5.41, 5.74) is 1.20. The molecule has 0 saturated heterocycles. The number of benzene rings is 1. The first-order chi connectivity index (χ1) is 9.86. The van der Waals surface area contributed by atoms with E-state index in [-0.39, 0.29) is 17.3 Å². The Morgan fingerprint density at radius 3 is 2.67 bits per heavy atom. The van der Waals surface area contributed by atoms with E-state index in [1.807, 2.05) is 6.92 Å². The number of nitrogens with zero attached hydrogens (tertiary/aromatic N) is 2. The molecular formula is C13H17FN4O3. The fraction of sp³-hybridized carbons (Fsp3) is 0.462. The largest absolute Gasteiger partial charge is 0.339 e. The molecule has 3 N–H and O–H groups in total. The summed E-state index contributed by atoms with van der Waals surface area (Å²) in [4.78, 5) is 24.2. The van der Waals surface area contributed by atoms with E-state index in [1.165, 1.54) is 4.90 Å². The Labute approximate surface area is 121 Å². The molecule has 1 atom stereocenters. The molecule has 7 nitrogen and oxygen atoms in total. The quantitative estimate of drug-likeness (QED) is 0.491. The molecule has 1 unspecified atom stereocenters. The van der Waals surface area contributed by atoms with Crippen LogP contribution in [0.5, 0.6) is 0 Å².